The molecule has 0 aromatic heterocycles. The summed E-state index contributed by atoms with van der Waals surface area (Å²) in [6, 6.07) is 28.0. The van der Waals surface area contributed by atoms with Gasteiger partial charge in [-0.15, -0.1) is 10.2 Å². The van der Waals surface area contributed by atoms with Crippen molar-refractivity contribution in [3.63, 3.8) is 0 Å². The lowest BCUT2D eigenvalue weighted by atomic mass is 9.72. The van der Waals surface area contributed by atoms with Gasteiger partial charge < -0.3 is 5.11 Å². The Kier molecular flexibility index (Phi) is 7.14. The predicted molar refractivity (Wildman–Crippen MR) is 148 cm³/mol. The minimum atomic E-state index is -0.565. The Morgan fingerprint density at radius 3 is 1.84 bits per heavy atom. The van der Waals surface area contributed by atoms with Crippen LogP contribution < -0.4 is 0 Å². The molecule has 0 aliphatic carbocycles. The van der Waals surface area contributed by atoms with Gasteiger partial charge in [-0.05, 0) is 34.9 Å². The fourth-order valence-corrected chi connectivity index (χ4v) is 4.57. The molecule has 4 aromatic rings. The fraction of sp³-hybridized carbons (Fsp3) is 0.200. The zero-order valence-electron chi connectivity index (χ0n) is 21.1. The molecule has 0 amide bonds. The number of hydrogen-bond acceptors (Lipinski definition) is 5. The van der Waals surface area contributed by atoms with Crippen LogP contribution >= 0.6 is 11.6 Å². The monoisotopic (exact) mass is 513 g/mol. The number of benzene rings is 4. The van der Waals surface area contributed by atoms with E-state index < -0.39 is 15.8 Å². The maximum Gasteiger partial charge on any atom is 0.298 e. The molecule has 0 spiro atoms. The number of azo groups is 1. The van der Waals surface area contributed by atoms with Crippen LogP contribution in [0.25, 0.3) is 0 Å². The van der Waals surface area contributed by atoms with Crippen molar-refractivity contribution in [3.8, 4) is 5.75 Å². The van der Waals surface area contributed by atoms with Crippen molar-refractivity contribution in [2.45, 2.75) is 38.5 Å². The molecule has 0 aliphatic rings. The van der Waals surface area contributed by atoms with E-state index in [1.54, 1.807) is 6.07 Å². The number of aromatic hydroxyl groups is 1. The molecule has 0 heterocycles. The topological polar surface area (TPSA) is 88.1 Å². The predicted octanol–water partition coefficient (Wildman–Crippen LogP) is 9.02. The molecular weight excluding hydrogens is 486 g/mol. The molecule has 0 aliphatic heterocycles. The second-order valence-corrected chi connectivity index (χ2v) is 10.4. The first-order valence-corrected chi connectivity index (χ1v) is 12.2. The van der Waals surface area contributed by atoms with Gasteiger partial charge in [0, 0.05) is 27.5 Å². The average Bonchev–Trinajstić information content (AvgIpc) is 2.89. The summed E-state index contributed by atoms with van der Waals surface area (Å²) >= 11 is 5.94. The van der Waals surface area contributed by atoms with Crippen molar-refractivity contribution in [2.75, 3.05) is 0 Å². The average molecular weight is 514 g/mol. The number of nitro groups is 1. The van der Waals surface area contributed by atoms with E-state index in [1.165, 1.54) is 18.2 Å². The standard InChI is InChI=1S/C30H28ClN3O3/c1-29(2,20-11-7-5-8-12-20)22-17-24(30(3,4)21-13-9-6-10-14-21)28(35)26(18-22)33-32-25-16-15-23(31)19-27(25)34(36)37/h5-19,35H,1-4H3. The van der Waals surface area contributed by atoms with Crippen molar-refractivity contribution in [1.29, 1.82) is 0 Å². The first-order chi connectivity index (χ1) is 17.5. The molecular formula is C30H28ClN3O3. The van der Waals surface area contributed by atoms with Crippen LogP contribution in [0.1, 0.15) is 49.9 Å². The summed E-state index contributed by atoms with van der Waals surface area (Å²) in [4.78, 5) is 11.0. The van der Waals surface area contributed by atoms with Gasteiger partial charge in [0.05, 0.1) is 4.92 Å². The molecule has 0 radical (unpaired) electrons. The first kappa shape index (κ1) is 26.0. The van der Waals surface area contributed by atoms with Crippen molar-refractivity contribution < 1.29 is 10.0 Å². The smallest absolute Gasteiger partial charge is 0.298 e. The van der Waals surface area contributed by atoms with Crippen LogP contribution in [0.5, 0.6) is 5.75 Å². The summed E-state index contributed by atoms with van der Waals surface area (Å²) < 4.78 is 0. The Morgan fingerprint density at radius 2 is 1.27 bits per heavy atom. The molecule has 0 saturated carbocycles. The Bertz CT molecular complexity index is 1470. The maximum absolute atomic E-state index is 11.5. The summed E-state index contributed by atoms with van der Waals surface area (Å²) in [7, 11) is 0. The Balaban J connectivity index is 1.92. The highest BCUT2D eigenvalue weighted by Crippen LogP contribution is 2.46. The SMILES string of the molecule is CC(C)(c1ccccc1)c1cc(N=Nc2ccc(Cl)cc2[N+](=O)[O-])c(O)c(C(C)(C)c2ccccc2)c1. The molecule has 0 saturated heterocycles. The summed E-state index contributed by atoms with van der Waals surface area (Å²) in [5.41, 5.74) is 2.75. The molecule has 7 heteroatoms. The second-order valence-electron chi connectivity index (χ2n) is 9.96. The van der Waals surface area contributed by atoms with Crippen molar-refractivity contribution in [1.82, 2.24) is 0 Å². The minimum Gasteiger partial charge on any atom is -0.505 e. The lowest BCUT2D eigenvalue weighted by Gasteiger charge is -2.32. The molecule has 37 heavy (non-hydrogen) atoms. The van der Waals surface area contributed by atoms with Gasteiger partial charge >= 0.3 is 0 Å². The van der Waals surface area contributed by atoms with Crippen LogP contribution in [-0.2, 0) is 10.8 Å². The third-order valence-corrected chi connectivity index (χ3v) is 7.11. The summed E-state index contributed by atoms with van der Waals surface area (Å²) in [5.74, 6) is -0.0261. The zero-order chi connectivity index (χ0) is 26.8. The van der Waals surface area contributed by atoms with Crippen LogP contribution in [0.4, 0.5) is 17.1 Å². The van der Waals surface area contributed by atoms with Crippen LogP contribution in [-0.4, -0.2) is 10.0 Å². The van der Waals surface area contributed by atoms with Crippen LogP contribution in [0, 0.1) is 10.1 Å². The van der Waals surface area contributed by atoms with Gasteiger partial charge in [0.15, 0.2) is 5.69 Å². The molecule has 0 atom stereocenters. The van der Waals surface area contributed by atoms with E-state index in [9.17, 15) is 15.2 Å². The fourth-order valence-electron chi connectivity index (χ4n) is 4.40. The lowest BCUT2D eigenvalue weighted by Crippen LogP contribution is -2.23. The van der Waals surface area contributed by atoms with E-state index in [2.05, 4.69) is 36.2 Å². The van der Waals surface area contributed by atoms with E-state index in [4.69, 9.17) is 11.6 Å². The van der Waals surface area contributed by atoms with Gasteiger partial charge in [0.2, 0.25) is 0 Å². The van der Waals surface area contributed by atoms with Gasteiger partial charge in [0.25, 0.3) is 5.69 Å². The zero-order valence-corrected chi connectivity index (χ0v) is 21.9. The van der Waals surface area contributed by atoms with Gasteiger partial charge in [-0.2, -0.15) is 0 Å². The van der Waals surface area contributed by atoms with Crippen molar-refractivity contribution >= 4 is 28.7 Å². The number of phenolic OH excluding ortho intramolecular Hbond substituents is 1. The van der Waals surface area contributed by atoms with Gasteiger partial charge in [-0.1, -0.05) is 106 Å². The molecule has 6 nitrogen and oxygen atoms in total. The summed E-state index contributed by atoms with van der Waals surface area (Å²) in [5, 5.41) is 31.7. The molecule has 188 valence electrons. The van der Waals surface area contributed by atoms with Crippen LogP contribution in [0.3, 0.4) is 0 Å². The highest BCUT2D eigenvalue weighted by Gasteiger charge is 2.32. The Hall–Kier alpha value is -4.03. The second kappa shape index (κ2) is 10.1. The largest absolute Gasteiger partial charge is 0.505 e. The quantitative estimate of drug-likeness (QED) is 0.152. The number of hydrogen-bond donors (Lipinski definition) is 1. The third-order valence-electron chi connectivity index (χ3n) is 6.88. The Morgan fingerprint density at radius 1 is 0.730 bits per heavy atom. The van der Waals surface area contributed by atoms with E-state index in [0.29, 0.717) is 5.56 Å². The summed E-state index contributed by atoms with van der Waals surface area (Å²) in [6.07, 6.45) is 0. The van der Waals surface area contributed by atoms with E-state index in [1.807, 2.05) is 68.4 Å². The summed E-state index contributed by atoms with van der Waals surface area (Å²) in [6.45, 7) is 8.31. The molecule has 0 unspecified atom stereocenters. The molecule has 0 fully saturated rings. The highest BCUT2D eigenvalue weighted by atomic mass is 35.5. The number of nitro benzene ring substituents is 1. The number of nitrogens with zero attached hydrogens (tertiary/aromatic N) is 3. The van der Waals surface area contributed by atoms with E-state index in [0.717, 1.165) is 16.7 Å². The molecule has 4 rings (SSSR count). The number of phenols is 1. The van der Waals surface area contributed by atoms with Gasteiger partial charge in [-0.25, -0.2) is 0 Å². The highest BCUT2D eigenvalue weighted by molar-refractivity contribution is 6.30. The minimum absolute atomic E-state index is 0.0261. The van der Waals surface area contributed by atoms with E-state index >= 15 is 0 Å². The normalized spacial score (nSPS) is 12.1. The Labute approximate surface area is 221 Å². The van der Waals surface area contributed by atoms with Crippen molar-refractivity contribution in [2.24, 2.45) is 10.2 Å². The maximum atomic E-state index is 11.5. The van der Waals surface area contributed by atoms with Crippen LogP contribution in [0.2, 0.25) is 5.02 Å². The van der Waals surface area contributed by atoms with Crippen LogP contribution in [0.15, 0.2) is 101 Å². The third kappa shape index (κ3) is 5.25. The molecule has 4 aromatic carbocycles. The molecule has 0 bridgehead atoms. The van der Waals surface area contributed by atoms with Crippen molar-refractivity contribution in [3.05, 3.63) is 128 Å². The van der Waals surface area contributed by atoms with Gasteiger partial charge in [-0.3, -0.25) is 10.1 Å². The number of rotatable bonds is 7. The van der Waals surface area contributed by atoms with Gasteiger partial charge in [0.1, 0.15) is 11.4 Å². The van der Waals surface area contributed by atoms with E-state index in [-0.39, 0.29) is 27.8 Å². The lowest BCUT2D eigenvalue weighted by molar-refractivity contribution is -0.384. The first-order valence-electron chi connectivity index (χ1n) is 11.9. The number of halogens is 1. The molecule has 1 N–H and O–H groups in total.